The first-order valence-corrected chi connectivity index (χ1v) is 5.36. The normalized spacial score (nSPS) is 9.89. The van der Waals surface area contributed by atoms with Gasteiger partial charge in [-0.25, -0.2) is 0 Å². The molecule has 0 saturated carbocycles. The number of ether oxygens (including phenoxy) is 2. The minimum absolute atomic E-state index is 0.107. The van der Waals surface area contributed by atoms with Crippen molar-refractivity contribution in [1.82, 2.24) is 4.98 Å². The molecule has 0 saturated heterocycles. The standard InChI is InChI=1S/C11H14N2O5/c1-8-5-6-9(11(12-8)13(15)16)18-7-3-4-10(14)17-2/h5-6H,3-4,7H2,1-2H3. The monoisotopic (exact) mass is 254 g/mol. The highest BCUT2D eigenvalue weighted by Crippen LogP contribution is 2.24. The van der Waals surface area contributed by atoms with Gasteiger partial charge in [0.1, 0.15) is 5.69 Å². The number of methoxy groups -OCH3 is 1. The van der Waals surface area contributed by atoms with Crippen LogP contribution in [0.15, 0.2) is 12.1 Å². The molecule has 0 aliphatic heterocycles. The molecular formula is C11H14N2O5. The summed E-state index contributed by atoms with van der Waals surface area (Å²) in [7, 11) is 1.30. The summed E-state index contributed by atoms with van der Waals surface area (Å²) >= 11 is 0. The summed E-state index contributed by atoms with van der Waals surface area (Å²) in [6.45, 7) is 1.86. The Morgan fingerprint density at radius 3 is 2.83 bits per heavy atom. The maximum absolute atomic E-state index is 10.8. The number of carbonyl (C=O) groups excluding carboxylic acids is 1. The maximum Gasteiger partial charge on any atom is 0.406 e. The minimum atomic E-state index is -0.595. The van der Waals surface area contributed by atoms with Gasteiger partial charge in [-0.05, 0) is 28.5 Å². The molecular weight excluding hydrogens is 240 g/mol. The highest BCUT2D eigenvalue weighted by molar-refractivity contribution is 5.69. The molecule has 0 aromatic carbocycles. The molecule has 0 atom stereocenters. The molecule has 0 radical (unpaired) electrons. The number of hydrogen-bond acceptors (Lipinski definition) is 6. The number of pyridine rings is 1. The second-order valence-corrected chi connectivity index (χ2v) is 3.56. The van der Waals surface area contributed by atoms with Crippen LogP contribution >= 0.6 is 0 Å². The van der Waals surface area contributed by atoms with E-state index in [1.807, 2.05) is 0 Å². The fourth-order valence-electron chi connectivity index (χ4n) is 1.27. The third-order valence-corrected chi connectivity index (χ3v) is 2.16. The van der Waals surface area contributed by atoms with E-state index in [2.05, 4.69) is 9.72 Å². The molecule has 0 amide bonds. The Labute approximate surface area is 104 Å². The van der Waals surface area contributed by atoms with Crippen molar-refractivity contribution in [2.24, 2.45) is 0 Å². The topological polar surface area (TPSA) is 91.6 Å². The maximum atomic E-state index is 10.8. The van der Waals surface area contributed by atoms with E-state index in [1.165, 1.54) is 13.2 Å². The van der Waals surface area contributed by atoms with Crippen molar-refractivity contribution < 1.29 is 19.2 Å². The lowest BCUT2D eigenvalue weighted by atomic mass is 10.3. The van der Waals surface area contributed by atoms with Gasteiger partial charge in [0.15, 0.2) is 0 Å². The van der Waals surface area contributed by atoms with Crippen LogP contribution in [0.2, 0.25) is 0 Å². The second kappa shape index (κ2) is 6.53. The van der Waals surface area contributed by atoms with Crippen molar-refractivity contribution >= 4 is 11.8 Å². The molecule has 1 aromatic rings. The molecule has 0 aliphatic rings. The largest absolute Gasteiger partial charge is 0.486 e. The minimum Gasteiger partial charge on any atom is -0.486 e. The van der Waals surface area contributed by atoms with E-state index in [0.717, 1.165) is 0 Å². The van der Waals surface area contributed by atoms with Gasteiger partial charge in [-0.1, -0.05) is 0 Å². The number of aryl methyl sites for hydroxylation is 1. The lowest BCUT2D eigenvalue weighted by Crippen LogP contribution is -2.06. The quantitative estimate of drug-likeness (QED) is 0.331. The summed E-state index contributed by atoms with van der Waals surface area (Å²) in [6, 6.07) is 3.13. The molecule has 0 spiro atoms. The van der Waals surface area contributed by atoms with Gasteiger partial charge in [-0.15, -0.1) is 0 Å². The SMILES string of the molecule is COC(=O)CCCOc1ccc(C)nc1[N+](=O)[O-]. The molecule has 1 aromatic heterocycles. The zero-order chi connectivity index (χ0) is 13.5. The number of carbonyl (C=O) groups is 1. The summed E-state index contributed by atoms with van der Waals surface area (Å²) < 4.78 is 9.70. The predicted molar refractivity (Wildman–Crippen MR) is 62.4 cm³/mol. The smallest absolute Gasteiger partial charge is 0.406 e. The Morgan fingerprint density at radius 2 is 2.22 bits per heavy atom. The Bertz CT molecular complexity index is 447. The van der Waals surface area contributed by atoms with Crippen LogP contribution in [0, 0.1) is 17.0 Å². The number of aromatic nitrogens is 1. The van der Waals surface area contributed by atoms with Gasteiger partial charge < -0.3 is 19.6 Å². The van der Waals surface area contributed by atoms with Crippen molar-refractivity contribution in [2.45, 2.75) is 19.8 Å². The van der Waals surface area contributed by atoms with E-state index in [-0.39, 0.29) is 30.6 Å². The third kappa shape index (κ3) is 4.00. The highest BCUT2D eigenvalue weighted by atomic mass is 16.6. The molecule has 0 bridgehead atoms. The number of rotatable bonds is 6. The van der Waals surface area contributed by atoms with Gasteiger partial charge >= 0.3 is 11.8 Å². The lowest BCUT2D eigenvalue weighted by Gasteiger charge is -2.05. The molecule has 98 valence electrons. The van der Waals surface area contributed by atoms with Crippen LogP contribution in [0.5, 0.6) is 5.75 Å². The molecule has 0 N–H and O–H groups in total. The summed E-state index contributed by atoms with van der Waals surface area (Å²) in [5.41, 5.74) is 0.545. The van der Waals surface area contributed by atoms with E-state index in [9.17, 15) is 14.9 Å². The van der Waals surface area contributed by atoms with Crippen molar-refractivity contribution in [3.63, 3.8) is 0 Å². The first kappa shape index (κ1) is 13.9. The Kier molecular flexibility index (Phi) is 5.04. The van der Waals surface area contributed by atoms with Crippen LogP contribution in [0.1, 0.15) is 18.5 Å². The number of esters is 1. The van der Waals surface area contributed by atoms with Crippen molar-refractivity contribution in [1.29, 1.82) is 0 Å². The number of hydrogen-bond donors (Lipinski definition) is 0. The van der Waals surface area contributed by atoms with Crippen LogP contribution in [0.3, 0.4) is 0 Å². The second-order valence-electron chi connectivity index (χ2n) is 3.56. The Morgan fingerprint density at radius 1 is 1.50 bits per heavy atom. The van der Waals surface area contributed by atoms with Gasteiger partial charge in [0.25, 0.3) is 0 Å². The van der Waals surface area contributed by atoms with E-state index in [4.69, 9.17) is 4.74 Å². The van der Waals surface area contributed by atoms with Gasteiger partial charge in [-0.2, -0.15) is 0 Å². The van der Waals surface area contributed by atoms with Crippen molar-refractivity contribution in [2.75, 3.05) is 13.7 Å². The Hall–Kier alpha value is -2.18. The van der Waals surface area contributed by atoms with E-state index in [0.29, 0.717) is 12.1 Å². The molecule has 0 fully saturated rings. The average Bonchev–Trinajstić information content (AvgIpc) is 2.35. The van der Waals surface area contributed by atoms with E-state index in [1.54, 1.807) is 13.0 Å². The third-order valence-electron chi connectivity index (χ3n) is 2.16. The zero-order valence-corrected chi connectivity index (χ0v) is 10.2. The molecule has 0 aliphatic carbocycles. The zero-order valence-electron chi connectivity index (χ0n) is 10.2. The van der Waals surface area contributed by atoms with Crippen LogP contribution in [-0.2, 0) is 9.53 Å². The molecule has 7 heteroatoms. The summed E-state index contributed by atoms with van der Waals surface area (Å²) in [5.74, 6) is -0.543. The number of nitrogens with zero attached hydrogens (tertiary/aromatic N) is 2. The Balaban J connectivity index is 2.56. The van der Waals surface area contributed by atoms with Crippen molar-refractivity contribution in [3.8, 4) is 5.75 Å². The van der Waals surface area contributed by atoms with E-state index < -0.39 is 4.92 Å². The van der Waals surface area contributed by atoms with Gasteiger partial charge in [0.2, 0.25) is 5.75 Å². The predicted octanol–water partition coefficient (Wildman–Crippen LogP) is 1.63. The average molecular weight is 254 g/mol. The molecule has 18 heavy (non-hydrogen) atoms. The van der Waals surface area contributed by atoms with E-state index >= 15 is 0 Å². The molecule has 7 nitrogen and oxygen atoms in total. The molecule has 1 rings (SSSR count). The summed E-state index contributed by atoms with van der Waals surface area (Å²) in [6.07, 6.45) is 0.640. The first-order chi connectivity index (χ1) is 8.54. The first-order valence-electron chi connectivity index (χ1n) is 5.36. The van der Waals surface area contributed by atoms with Crippen LogP contribution < -0.4 is 4.74 Å². The fraction of sp³-hybridized carbons (Fsp3) is 0.455. The summed E-state index contributed by atoms with van der Waals surface area (Å²) in [4.78, 5) is 24.8. The highest BCUT2D eigenvalue weighted by Gasteiger charge is 2.17. The fourth-order valence-corrected chi connectivity index (χ4v) is 1.27. The van der Waals surface area contributed by atoms with Crippen molar-refractivity contribution in [3.05, 3.63) is 27.9 Å². The van der Waals surface area contributed by atoms with Gasteiger partial charge in [0.05, 0.1) is 13.7 Å². The summed E-state index contributed by atoms with van der Waals surface area (Å²) in [5, 5.41) is 10.8. The number of nitro groups is 1. The molecule has 1 heterocycles. The van der Waals surface area contributed by atoms with Crippen LogP contribution in [-0.4, -0.2) is 29.6 Å². The van der Waals surface area contributed by atoms with Gasteiger partial charge in [-0.3, -0.25) is 4.79 Å². The van der Waals surface area contributed by atoms with Crippen LogP contribution in [0.4, 0.5) is 5.82 Å². The van der Waals surface area contributed by atoms with Gasteiger partial charge in [0, 0.05) is 13.3 Å². The molecule has 0 unspecified atom stereocenters. The van der Waals surface area contributed by atoms with Crippen LogP contribution in [0.25, 0.3) is 0 Å². The lowest BCUT2D eigenvalue weighted by molar-refractivity contribution is -0.390.